The maximum absolute atomic E-state index is 13.4. The number of nitrogens with one attached hydrogen (secondary N) is 2. The summed E-state index contributed by atoms with van der Waals surface area (Å²) in [4.78, 5) is 12.1. The molecule has 1 amide bonds. The SMILES string of the molecule is Nc1ccc(C(=O)Nc2cccc3[nH]ncc23)cc1F. The first-order chi connectivity index (χ1) is 9.65. The van der Waals surface area contributed by atoms with Crippen LogP contribution in [-0.2, 0) is 0 Å². The van der Waals surface area contributed by atoms with Crippen molar-refractivity contribution in [3.63, 3.8) is 0 Å². The summed E-state index contributed by atoms with van der Waals surface area (Å²) in [5.74, 6) is -1.02. The van der Waals surface area contributed by atoms with Crippen LogP contribution in [0.4, 0.5) is 15.8 Å². The minimum absolute atomic E-state index is 0.0125. The van der Waals surface area contributed by atoms with Crippen LogP contribution < -0.4 is 11.1 Å². The Bertz CT molecular complexity index is 797. The molecule has 1 aromatic heterocycles. The summed E-state index contributed by atoms with van der Waals surface area (Å²) in [6, 6.07) is 9.34. The molecule has 4 N–H and O–H groups in total. The van der Waals surface area contributed by atoms with Gasteiger partial charge >= 0.3 is 0 Å². The monoisotopic (exact) mass is 270 g/mol. The number of nitrogen functional groups attached to an aromatic ring is 1. The van der Waals surface area contributed by atoms with E-state index >= 15 is 0 Å². The average molecular weight is 270 g/mol. The Kier molecular flexibility index (Phi) is 2.83. The number of nitrogens with zero attached hydrogens (tertiary/aromatic N) is 1. The van der Waals surface area contributed by atoms with Crippen molar-refractivity contribution < 1.29 is 9.18 Å². The van der Waals surface area contributed by atoms with E-state index in [1.165, 1.54) is 12.1 Å². The maximum atomic E-state index is 13.4. The molecule has 1 heterocycles. The Balaban J connectivity index is 1.92. The molecule has 20 heavy (non-hydrogen) atoms. The number of nitrogens with two attached hydrogens (primary N) is 1. The normalized spacial score (nSPS) is 10.7. The highest BCUT2D eigenvalue weighted by molar-refractivity contribution is 6.08. The van der Waals surface area contributed by atoms with E-state index in [-0.39, 0.29) is 11.3 Å². The second-order valence-electron chi connectivity index (χ2n) is 4.33. The molecule has 0 aliphatic rings. The molecule has 3 aromatic rings. The third kappa shape index (κ3) is 2.07. The minimum atomic E-state index is -0.612. The number of benzene rings is 2. The highest BCUT2D eigenvalue weighted by Gasteiger charge is 2.11. The molecule has 100 valence electrons. The third-order valence-corrected chi connectivity index (χ3v) is 3.00. The molecule has 0 spiro atoms. The molecule has 0 aliphatic heterocycles. The van der Waals surface area contributed by atoms with Crippen LogP contribution in [0, 0.1) is 5.82 Å². The second-order valence-corrected chi connectivity index (χ2v) is 4.33. The van der Waals surface area contributed by atoms with E-state index in [4.69, 9.17) is 5.73 Å². The smallest absolute Gasteiger partial charge is 0.255 e. The van der Waals surface area contributed by atoms with Gasteiger partial charge in [-0.05, 0) is 30.3 Å². The van der Waals surface area contributed by atoms with E-state index in [9.17, 15) is 9.18 Å². The number of carbonyl (C=O) groups excluding carboxylic acids is 1. The zero-order chi connectivity index (χ0) is 14.1. The van der Waals surface area contributed by atoms with Crippen molar-refractivity contribution in [2.45, 2.75) is 0 Å². The van der Waals surface area contributed by atoms with Crippen molar-refractivity contribution in [3.05, 3.63) is 54.0 Å². The summed E-state index contributed by atoms with van der Waals surface area (Å²) in [6.07, 6.45) is 1.62. The molecule has 0 saturated carbocycles. The first kappa shape index (κ1) is 12.2. The predicted molar refractivity (Wildman–Crippen MR) is 74.9 cm³/mol. The highest BCUT2D eigenvalue weighted by Crippen LogP contribution is 2.22. The second kappa shape index (κ2) is 4.65. The lowest BCUT2D eigenvalue weighted by atomic mass is 10.1. The number of halogens is 1. The largest absolute Gasteiger partial charge is 0.396 e. The van der Waals surface area contributed by atoms with Crippen molar-refractivity contribution in [1.82, 2.24) is 10.2 Å². The summed E-state index contributed by atoms with van der Waals surface area (Å²) >= 11 is 0. The van der Waals surface area contributed by atoms with Crippen molar-refractivity contribution in [3.8, 4) is 0 Å². The number of fused-ring (bicyclic) bond motifs is 1. The molecular formula is C14H11FN4O. The molecule has 5 nitrogen and oxygen atoms in total. The quantitative estimate of drug-likeness (QED) is 0.626. The van der Waals surface area contributed by atoms with Gasteiger partial charge < -0.3 is 11.1 Å². The van der Waals surface area contributed by atoms with Crippen LogP contribution in [0.2, 0.25) is 0 Å². The van der Waals surface area contributed by atoms with E-state index in [2.05, 4.69) is 15.5 Å². The fourth-order valence-electron chi connectivity index (χ4n) is 1.94. The van der Waals surface area contributed by atoms with Gasteiger partial charge in [0.2, 0.25) is 0 Å². The number of aromatic amines is 1. The Morgan fingerprint density at radius 1 is 1.30 bits per heavy atom. The maximum Gasteiger partial charge on any atom is 0.255 e. The van der Waals surface area contributed by atoms with Crippen LogP contribution >= 0.6 is 0 Å². The summed E-state index contributed by atoms with van der Waals surface area (Å²) in [5, 5.41) is 10.2. The van der Waals surface area contributed by atoms with E-state index in [1.807, 2.05) is 6.07 Å². The zero-order valence-corrected chi connectivity index (χ0v) is 10.4. The van der Waals surface area contributed by atoms with E-state index < -0.39 is 11.7 Å². The van der Waals surface area contributed by atoms with Crippen molar-refractivity contribution in [1.29, 1.82) is 0 Å². The zero-order valence-electron chi connectivity index (χ0n) is 10.4. The summed E-state index contributed by atoms with van der Waals surface area (Å²) in [5.41, 5.74) is 7.02. The lowest BCUT2D eigenvalue weighted by Crippen LogP contribution is -2.12. The number of rotatable bonds is 2. The highest BCUT2D eigenvalue weighted by atomic mass is 19.1. The molecule has 0 radical (unpaired) electrons. The summed E-state index contributed by atoms with van der Waals surface area (Å²) < 4.78 is 13.4. The van der Waals surface area contributed by atoms with Gasteiger partial charge in [-0.3, -0.25) is 9.89 Å². The molecule has 0 unspecified atom stereocenters. The van der Waals surface area contributed by atoms with Gasteiger partial charge in [-0.15, -0.1) is 0 Å². The molecule has 0 saturated heterocycles. The Morgan fingerprint density at radius 3 is 2.95 bits per heavy atom. The molecule has 0 fully saturated rings. The number of hydrogen-bond donors (Lipinski definition) is 3. The molecule has 2 aromatic carbocycles. The van der Waals surface area contributed by atoms with Gasteiger partial charge in [0.15, 0.2) is 0 Å². The van der Waals surface area contributed by atoms with Crippen LogP contribution in [0.3, 0.4) is 0 Å². The van der Waals surface area contributed by atoms with Gasteiger partial charge in [-0.25, -0.2) is 4.39 Å². The topological polar surface area (TPSA) is 83.8 Å². The Morgan fingerprint density at radius 2 is 2.15 bits per heavy atom. The van der Waals surface area contributed by atoms with Gasteiger partial charge in [0.05, 0.1) is 23.1 Å². The van der Waals surface area contributed by atoms with Crippen molar-refractivity contribution in [2.75, 3.05) is 11.1 Å². The predicted octanol–water partition coefficient (Wildman–Crippen LogP) is 2.54. The Hall–Kier alpha value is -2.89. The van der Waals surface area contributed by atoms with Crippen LogP contribution in [0.15, 0.2) is 42.6 Å². The van der Waals surface area contributed by atoms with Crippen LogP contribution in [0.25, 0.3) is 10.9 Å². The van der Waals surface area contributed by atoms with Gasteiger partial charge in [0.25, 0.3) is 5.91 Å². The van der Waals surface area contributed by atoms with Gasteiger partial charge in [0, 0.05) is 10.9 Å². The Labute approximate surface area is 113 Å². The molecule has 0 bridgehead atoms. The summed E-state index contributed by atoms with van der Waals surface area (Å²) in [7, 11) is 0. The molecule has 0 aliphatic carbocycles. The number of amides is 1. The molecule has 0 atom stereocenters. The molecule has 3 rings (SSSR count). The lowest BCUT2D eigenvalue weighted by Gasteiger charge is -2.07. The number of anilines is 2. The third-order valence-electron chi connectivity index (χ3n) is 3.00. The van der Waals surface area contributed by atoms with Gasteiger partial charge in [-0.2, -0.15) is 5.10 Å². The fraction of sp³-hybridized carbons (Fsp3) is 0. The standard InChI is InChI=1S/C14H11FN4O/c15-10-6-8(4-5-11(10)16)14(20)18-12-2-1-3-13-9(12)7-17-19-13/h1-7H,16H2,(H,17,19)(H,18,20). The lowest BCUT2D eigenvalue weighted by molar-refractivity contribution is 0.102. The average Bonchev–Trinajstić information content (AvgIpc) is 2.91. The molecule has 6 heteroatoms. The number of carbonyl (C=O) groups is 1. The first-order valence-corrected chi connectivity index (χ1v) is 5.93. The van der Waals surface area contributed by atoms with E-state index in [0.717, 1.165) is 17.0 Å². The minimum Gasteiger partial charge on any atom is -0.396 e. The number of hydrogen-bond acceptors (Lipinski definition) is 3. The molecular weight excluding hydrogens is 259 g/mol. The van der Waals surface area contributed by atoms with Gasteiger partial charge in [-0.1, -0.05) is 6.07 Å². The van der Waals surface area contributed by atoms with Crippen LogP contribution in [0.5, 0.6) is 0 Å². The summed E-state index contributed by atoms with van der Waals surface area (Å²) in [6.45, 7) is 0. The number of H-pyrrole nitrogens is 1. The first-order valence-electron chi connectivity index (χ1n) is 5.93. The van der Waals surface area contributed by atoms with E-state index in [0.29, 0.717) is 5.69 Å². The van der Waals surface area contributed by atoms with Crippen LogP contribution in [0.1, 0.15) is 10.4 Å². The van der Waals surface area contributed by atoms with E-state index in [1.54, 1.807) is 18.3 Å². The number of aromatic nitrogens is 2. The fourth-order valence-corrected chi connectivity index (χ4v) is 1.94. The van der Waals surface area contributed by atoms with Crippen LogP contribution in [-0.4, -0.2) is 16.1 Å². The van der Waals surface area contributed by atoms with Crippen molar-refractivity contribution >= 4 is 28.2 Å². The van der Waals surface area contributed by atoms with Crippen molar-refractivity contribution in [2.24, 2.45) is 0 Å². The van der Waals surface area contributed by atoms with Gasteiger partial charge in [0.1, 0.15) is 5.82 Å².